The van der Waals surface area contributed by atoms with Gasteiger partial charge in [0.25, 0.3) is 0 Å². The van der Waals surface area contributed by atoms with Gasteiger partial charge in [-0.2, -0.15) is 8.42 Å². The minimum atomic E-state index is -3.69. The van der Waals surface area contributed by atoms with E-state index in [0.29, 0.717) is 23.6 Å². The van der Waals surface area contributed by atoms with Gasteiger partial charge in [-0.25, -0.2) is 9.10 Å². The van der Waals surface area contributed by atoms with Crippen LogP contribution in [0, 0.1) is 0 Å². The average Bonchev–Trinajstić information content (AvgIpc) is 3.00. The first-order valence-electron chi connectivity index (χ1n) is 11.8. The predicted octanol–water partition coefficient (Wildman–Crippen LogP) is 4.27. The zero-order valence-corrected chi connectivity index (χ0v) is 20.9. The summed E-state index contributed by atoms with van der Waals surface area (Å²) in [4.78, 5) is 14.3. The van der Waals surface area contributed by atoms with Crippen LogP contribution in [0.4, 0.5) is 21.9 Å². The number of rotatable bonds is 6. The van der Waals surface area contributed by atoms with E-state index >= 15 is 0 Å². The first-order chi connectivity index (χ1) is 16.1. The quantitative estimate of drug-likeness (QED) is 0.660. The molecule has 184 valence electrons. The fraction of sp³-hybridized carbons (Fsp3) is 0.480. The van der Waals surface area contributed by atoms with Gasteiger partial charge in [0, 0.05) is 25.7 Å². The molecule has 2 aromatic carbocycles. The number of nitrogens with one attached hydrogen (secondary N) is 1. The summed E-state index contributed by atoms with van der Waals surface area (Å²) in [5.74, 6) is 0. The zero-order chi connectivity index (χ0) is 24.3. The van der Waals surface area contributed by atoms with Crippen molar-refractivity contribution in [3.8, 4) is 0 Å². The van der Waals surface area contributed by atoms with Crippen molar-refractivity contribution in [2.75, 3.05) is 34.8 Å². The first kappa shape index (κ1) is 24.3. The van der Waals surface area contributed by atoms with Crippen LogP contribution in [0.25, 0.3) is 0 Å². The number of hydrogen-bond donors (Lipinski definition) is 1. The Balaban J connectivity index is 1.32. The van der Waals surface area contributed by atoms with Gasteiger partial charge in [-0.15, -0.1) is 0 Å². The summed E-state index contributed by atoms with van der Waals surface area (Å²) in [6.45, 7) is 8.50. The maximum atomic E-state index is 13.5. The standard InChI is InChI=1S/C25H34N4O4S/c1-25(2,3)33-24(30)26-20-14-18-27(19-15-20)16-9-17-28-22-12-7-8-13-23(22)29(34(28,31)32)21-10-5-4-6-11-21/h4-8,10-13,20H,9,14-19H2,1-3H3,(H,26,30). The van der Waals surface area contributed by atoms with Gasteiger partial charge in [0.1, 0.15) is 5.60 Å². The molecule has 0 saturated carbocycles. The Labute approximate surface area is 202 Å². The van der Waals surface area contributed by atoms with Gasteiger partial charge in [-0.1, -0.05) is 30.3 Å². The Morgan fingerprint density at radius 3 is 2.24 bits per heavy atom. The second-order valence-corrected chi connectivity index (χ2v) is 11.5. The second-order valence-electron chi connectivity index (χ2n) is 9.78. The van der Waals surface area contributed by atoms with Crippen LogP contribution in [-0.2, 0) is 14.9 Å². The highest BCUT2D eigenvalue weighted by Gasteiger charge is 2.40. The van der Waals surface area contributed by atoms with Crippen LogP contribution < -0.4 is 13.9 Å². The van der Waals surface area contributed by atoms with E-state index in [4.69, 9.17) is 4.74 Å². The van der Waals surface area contributed by atoms with Crippen LogP contribution in [0.1, 0.15) is 40.0 Å². The number of nitrogens with zero attached hydrogens (tertiary/aromatic N) is 3. The molecule has 0 atom stereocenters. The van der Waals surface area contributed by atoms with Crippen LogP contribution in [0.3, 0.4) is 0 Å². The third-order valence-electron chi connectivity index (χ3n) is 6.01. The van der Waals surface area contributed by atoms with Crippen LogP contribution in [-0.4, -0.2) is 57.2 Å². The molecule has 8 nitrogen and oxygen atoms in total. The molecule has 0 bridgehead atoms. The van der Waals surface area contributed by atoms with E-state index in [0.717, 1.165) is 38.9 Å². The van der Waals surface area contributed by atoms with E-state index in [1.165, 1.54) is 8.61 Å². The minimum absolute atomic E-state index is 0.108. The fourth-order valence-corrected chi connectivity index (χ4v) is 6.23. The van der Waals surface area contributed by atoms with Gasteiger partial charge < -0.3 is 15.0 Å². The van der Waals surface area contributed by atoms with Gasteiger partial charge in [-0.05, 0) is 70.8 Å². The molecule has 0 spiro atoms. The summed E-state index contributed by atoms with van der Waals surface area (Å²) in [5.41, 5.74) is 1.53. The molecule has 0 radical (unpaired) electrons. The SMILES string of the molecule is CC(C)(C)OC(=O)NC1CCN(CCCN2c3ccccc3N(c3ccccc3)S2(=O)=O)CC1. The lowest BCUT2D eigenvalue weighted by molar-refractivity contribution is 0.0479. The molecule has 2 aromatic rings. The zero-order valence-electron chi connectivity index (χ0n) is 20.1. The molecule has 1 fully saturated rings. The Bertz CT molecular complexity index is 1090. The molecule has 34 heavy (non-hydrogen) atoms. The lowest BCUT2D eigenvalue weighted by Crippen LogP contribution is -2.46. The molecule has 0 unspecified atom stereocenters. The summed E-state index contributed by atoms with van der Waals surface area (Å²) in [6.07, 6.45) is 2.06. The number of alkyl carbamates (subject to hydrolysis) is 1. The van der Waals surface area contributed by atoms with Crippen molar-refractivity contribution < 1.29 is 17.9 Å². The minimum Gasteiger partial charge on any atom is -0.444 e. The number of ether oxygens (including phenoxy) is 1. The Morgan fingerprint density at radius 1 is 0.971 bits per heavy atom. The highest BCUT2D eigenvalue weighted by molar-refractivity contribution is 7.95. The number of hydrogen-bond acceptors (Lipinski definition) is 5. The van der Waals surface area contributed by atoms with Gasteiger partial charge in [0.15, 0.2) is 0 Å². The number of amides is 1. The molecule has 1 amide bonds. The monoisotopic (exact) mass is 486 g/mol. The van der Waals surface area contributed by atoms with Gasteiger partial charge in [0.05, 0.1) is 17.1 Å². The molecule has 2 aliphatic heterocycles. The largest absolute Gasteiger partial charge is 0.444 e. The summed E-state index contributed by atoms with van der Waals surface area (Å²) in [6, 6.07) is 16.8. The van der Waals surface area contributed by atoms with Crippen molar-refractivity contribution in [3.63, 3.8) is 0 Å². The van der Waals surface area contributed by atoms with Crippen LogP contribution in [0.5, 0.6) is 0 Å². The Kier molecular flexibility index (Phi) is 7.04. The van der Waals surface area contributed by atoms with Gasteiger partial charge in [0.2, 0.25) is 0 Å². The van der Waals surface area contributed by atoms with E-state index in [2.05, 4.69) is 10.2 Å². The van der Waals surface area contributed by atoms with Gasteiger partial charge >= 0.3 is 16.3 Å². The molecule has 1 N–H and O–H groups in total. The first-order valence-corrected chi connectivity index (χ1v) is 13.2. The second kappa shape index (κ2) is 9.84. The van der Waals surface area contributed by atoms with E-state index < -0.39 is 15.8 Å². The lowest BCUT2D eigenvalue weighted by Gasteiger charge is -2.33. The maximum Gasteiger partial charge on any atom is 0.407 e. The lowest BCUT2D eigenvalue weighted by atomic mass is 10.1. The number of para-hydroxylation sites is 3. The van der Waals surface area contributed by atoms with Crippen LogP contribution in [0.15, 0.2) is 54.6 Å². The number of fused-ring (bicyclic) bond motifs is 1. The van der Waals surface area contributed by atoms with Crippen LogP contribution >= 0.6 is 0 Å². The topological polar surface area (TPSA) is 82.2 Å². The highest BCUT2D eigenvalue weighted by Crippen LogP contribution is 2.45. The predicted molar refractivity (Wildman–Crippen MR) is 135 cm³/mol. The molecule has 2 aliphatic rings. The van der Waals surface area contributed by atoms with Crippen molar-refractivity contribution in [1.82, 2.24) is 10.2 Å². The number of carbonyl (C=O) groups is 1. The van der Waals surface area contributed by atoms with Crippen molar-refractivity contribution in [2.45, 2.75) is 51.7 Å². The molecule has 4 rings (SSSR count). The maximum absolute atomic E-state index is 13.5. The van der Waals surface area contributed by atoms with Gasteiger partial charge in [-0.3, -0.25) is 4.31 Å². The molecule has 9 heteroatoms. The third kappa shape index (κ3) is 5.47. The van der Waals surface area contributed by atoms with Crippen molar-refractivity contribution in [2.24, 2.45) is 0 Å². The molecular formula is C25H34N4O4S. The van der Waals surface area contributed by atoms with E-state index in [1.54, 1.807) is 0 Å². The van der Waals surface area contributed by atoms with Crippen molar-refractivity contribution in [3.05, 3.63) is 54.6 Å². The molecule has 1 saturated heterocycles. The van der Waals surface area contributed by atoms with E-state index in [9.17, 15) is 13.2 Å². The summed E-state index contributed by atoms with van der Waals surface area (Å²) >= 11 is 0. The molecule has 0 aliphatic carbocycles. The van der Waals surface area contributed by atoms with Crippen molar-refractivity contribution >= 4 is 33.4 Å². The summed E-state index contributed by atoms with van der Waals surface area (Å²) in [5, 5.41) is 2.96. The molecule has 0 aromatic heterocycles. The highest BCUT2D eigenvalue weighted by atomic mass is 32.2. The van der Waals surface area contributed by atoms with Crippen LogP contribution in [0.2, 0.25) is 0 Å². The summed E-state index contributed by atoms with van der Waals surface area (Å²) in [7, 11) is -3.69. The normalized spacial score (nSPS) is 18.6. The summed E-state index contributed by atoms with van der Waals surface area (Å²) < 4.78 is 35.2. The van der Waals surface area contributed by atoms with E-state index in [1.807, 2.05) is 75.4 Å². The number of benzene rings is 2. The number of piperidine rings is 1. The smallest absolute Gasteiger partial charge is 0.407 e. The number of anilines is 3. The van der Waals surface area contributed by atoms with Crippen molar-refractivity contribution in [1.29, 1.82) is 0 Å². The fourth-order valence-electron chi connectivity index (χ4n) is 4.48. The third-order valence-corrected chi connectivity index (χ3v) is 7.82. The Morgan fingerprint density at radius 2 is 1.59 bits per heavy atom. The van der Waals surface area contributed by atoms with E-state index in [-0.39, 0.29) is 12.1 Å². The molecule has 2 heterocycles. The Hall–Kier alpha value is -2.78. The number of carbonyl (C=O) groups excluding carboxylic acids is 1. The number of likely N-dealkylation sites (tertiary alicyclic amines) is 1. The molecular weight excluding hydrogens is 452 g/mol. The average molecular weight is 487 g/mol.